The fourth-order valence-electron chi connectivity index (χ4n) is 3.91. The Labute approximate surface area is 241 Å². The van der Waals surface area contributed by atoms with Gasteiger partial charge in [-0.15, -0.1) is 6.58 Å². The molecular formula is C33H35NO7. The van der Waals surface area contributed by atoms with Crippen LogP contribution >= 0.6 is 0 Å². The van der Waals surface area contributed by atoms with E-state index in [1.54, 1.807) is 60.7 Å². The maximum Gasteiger partial charge on any atom is 0.203 e. The van der Waals surface area contributed by atoms with Gasteiger partial charge in [-0.05, 0) is 12.1 Å². The Balaban J connectivity index is 2.28. The Kier molecular flexibility index (Phi) is 11.8. The predicted octanol–water partition coefficient (Wildman–Crippen LogP) is 6.40. The van der Waals surface area contributed by atoms with E-state index in [0.717, 1.165) is 0 Å². The molecule has 0 spiro atoms. The zero-order chi connectivity index (χ0) is 29.6. The van der Waals surface area contributed by atoms with Crippen LogP contribution in [-0.4, -0.2) is 57.2 Å². The summed E-state index contributed by atoms with van der Waals surface area (Å²) < 4.78 is 35.4. The van der Waals surface area contributed by atoms with Crippen molar-refractivity contribution in [2.24, 2.45) is 4.99 Å². The van der Waals surface area contributed by atoms with Crippen molar-refractivity contribution in [1.82, 2.24) is 0 Å². The van der Waals surface area contributed by atoms with E-state index in [0.29, 0.717) is 45.7 Å². The SMILES string of the molecule is C=CCOc1cc2c(c(OCC=C)c1)C(=O)C(OCC=C)C(c1cc(OCC=C)c(OCC=C)c(OCC=C)c1)=N2. The maximum atomic E-state index is 14.0. The van der Waals surface area contributed by atoms with Crippen LogP contribution in [0, 0.1) is 0 Å². The van der Waals surface area contributed by atoms with Crippen molar-refractivity contribution in [1.29, 1.82) is 0 Å². The smallest absolute Gasteiger partial charge is 0.203 e. The fraction of sp³-hybridized carbons (Fsp3) is 0.212. The van der Waals surface area contributed by atoms with Gasteiger partial charge in [0.25, 0.3) is 0 Å². The van der Waals surface area contributed by atoms with E-state index < -0.39 is 6.10 Å². The van der Waals surface area contributed by atoms with Gasteiger partial charge in [0.1, 0.15) is 44.5 Å². The quantitative estimate of drug-likeness (QED) is 0.185. The summed E-state index contributed by atoms with van der Waals surface area (Å²) in [6, 6.07) is 6.75. The summed E-state index contributed by atoms with van der Waals surface area (Å²) in [6.45, 7) is 23.5. The first-order chi connectivity index (χ1) is 20.0. The summed E-state index contributed by atoms with van der Waals surface area (Å²) in [5.41, 5.74) is 1.49. The van der Waals surface area contributed by atoms with E-state index in [-0.39, 0.29) is 51.0 Å². The molecule has 0 bridgehead atoms. The van der Waals surface area contributed by atoms with Crippen LogP contribution in [0.25, 0.3) is 0 Å². The average molecular weight is 558 g/mol. The van der Waals surface area contributed by atoms with Crippen molar-refractivity contribution < 1.29 is 33.2 Å². The first-order valence-corrected chi connectivity index (χ1v) is 12.9. The lowest BCUT2D eigenvalue weighted by Crippen LogP contribution is -2.37. The molecule has 0 aromatic heterocycles. The number of ketones is 1. The molecule has 2 aromatic rings. The zero-order valence-electron chi connectivity index (χ0n) is 23.1. The predicted molar refractivity (Wildman–Crippen MR) is 162 cm³/mol. The van der Waals surface area contributed by atoms with E-state index in [9.17, 15) is 4.79 Å². The van der Waals surface area contributed by atoms with Gasteiger partial charge in [0.05, 0.1) is 23.6 Å². The summed E-state index contributed by atoms with van der Waals surface area (Å²) >= 11 is 0. The van der Waals surface area contributed by atoms with E-state index in [2.05, 4.69) is 39.5 Å². The van der Waals surface area contributed by atoms with Gasteiger partial charge in [-0.25, -0.2) is 4.99 Å². The Morgan fingerprint density at radius 3 is 1.71 bits per heavy atom. The number of ether oxygens (including phenoxy) is 6. The molecule has 3 rings (SSSR count). The number of benzene rings is 2. The molecule has 0 saturated carbocycles. The Bertz CT molecular complexity index is 1310. The Morgan fingerprint density at radius 1 is 0.634 bits per heavy atom. The van der Waals surface area contributed by atoms with Crippen LogP contribution < -0.4 is 23.7 Å². The maximum absolute atomic E-state index is 14.0. The lowest BCUT2D eigenvalue weighted by Gasteiger charge is -2.27. The molecular weight excluding hydrogens is 522 g/mol. The first kappa shape index (κ1) is 30.7. The molecule has 41 heavy (non-hydrogen) atoms. The molecule has 0 radical (unpaired) electrons. The van der Waals surface area contributed by atoms with Crippen molar-refractivity contribution in [3.8, 4) is 28.7 Å². The molecule has 2 aromatic carbocycles. The monoisotopic (exact) mass is 557 g/mol. The third-order valence-electron chi connectivity index (χ3n) is 5.51. The molecule has 8 heteroatoms. The number of Topliss-reactive ketones (excluding diaryl/α,β-unsaturated/α-hetero) is 1. The Hall–Kier alpha value is -4.82. The lowest BCUT2D eigenvalue weighted by atomic mass is 9.92. The van der Waals surface area contributed by atoms with Crippen LogP contribution in [0.3, 0.4) is 0 Å². The molecule has 0 N–H and O–H groups in total. The molecule has 214 valence electrons. The minimum atomic E-state index is -1.08. The average Bonchev–Trinajstić information content (AvgIpc) is 2.98. The lowest BCUT2D eigenvalue weighted by molar-refractivity contribution is 0.0685. The zero-order valence-corrected chi connectivity index (χ0v) is 23.1. The van der Waals surface area contributed by atoms with Gasteiger partial charge >= 0.3 is 0 Å². The highest BCUT2D eigenvalue weighted by Gasteiger charge is 2.37. The normalized spacial score (nSPS) is 13.6. The van der Waals surface area contributed by atoms with E-state index >= 15 is 0 Å². The summed E-state index contributed by atoms with van der Waals surface area (Å²) in [5.74, 6) is 1.52. The third-order valence-corrected chi connectivity index (χ3v) is 5.51. The highest BCUT2D eigenvalue weighted by molar-refractivity contribution is 6.26. The van der Waals surface area contributed by atoms with Crippen molar-refractivity contribution in [3.05, 3.63) is 111 Å². The van der Waals surface area contributed by atoms with Crippen molar-refractivity contribution >= 4 is 17.2 Å². The summed E-state index contributed by atoms with van der Waals surface area (Å²) in [6.07, 6.45) is 8.52. The highest BCUT2D eigenvalue weighted by Crippen LogP contribution is 2.43. The van der Waals surface area contributed by atoms with Crippen LogP contribution in [0.2, 0.25) is 0 Å². The van der Waals surface area contributed by atoms with Gasteiger partial charge < -0.3 is 28.4 Å². The number of hydrogen-bond acceptors (Lipinski definition) is 8. The molecule has 8 nitrogen and oxygen atoms in total. The number of aliphatic imine (C=N–C) groups is 1. The van der Waals surface area contributed by atoms with Gasteiger partial charge in [-0.2, -0.15) is 0 Å². The van der Waals surface area contributed by atoms with Gasteiger partial charge in [0, 0.05) is 17.7 Å². The second-order valence-corrected chi connectivity index (χ2v) is 8.48. The number of fused-ring (bicyclic) bond motifs is 1. The van der Waals surface area contributed by atoms with Crippen molar-refractivity contribution in [3.63, 3.8) is 0 Å². The minimum Gasteiger partial charge on any atom is -0.489 e. The number of rotatable bonds is 19. The summed E-state index contributed by atoms with van der Waals surface area (Å²) in [4.78, 5) is 18.9. The molecule has 1 atom stereocenters. The second kappa shape index (κ2) is 15.7. The van der Waals surface area contributed by atoms with Crippen LogP contribution in [0.15, 0.2) is 105 Å². The molecule has 0 saturated heterocycles. The largest absolute Gasteiger partial charge is 0.489 e. The molecule has 0 fully saturated rings. The second-order valence-electron chi connectivity index (χ2n) is 8.48. The minimum absolute atomic E-state index is 0.105. The molecule has 1 heterocycles. The van der Waals surface area contributed by atoms with E-state index in [1.807, 2.05) is 0 Å². The van der Waals surface area contributed by atoms with Crippen molar-refractivity contribution in [2.75, 3.05) is 39.6 Å². The number of nitrogens with zero attached hydrogens (tertiary/aromatic N) is 1. The third kappa shape index (κ3) is 7.64. The van der Waals surface area contributed by atoms with Gasteiger partial charge in [0.15, 0.2) is 17.6 Å². The topological polar surface area (TPSA) is 84.8 Å². The van der Waals surface area contributed by atoms with Crippen LogP contribution in [0.4, 0.5) is 5.69 Å². The standard InChI is InChI=1S/C33H35NO7/c1-7-13-36-24-21-25-29(26(22-24)37-14-8-2)31(35)33(41-18-12-6)30(34-25)23-19-27(38-15-9-3)32(40-17-11-5)28(20-23)39-16-10-4/h7-12,19-22,33H,1-6,13-18H2. The number of carbonyl (C=O) groups excluding carboxylic acids is 1. The fourth-order valence-corrected chi connectivity index (χ4v) is 3.91. The molecule has 1 aliphatic heterocycles. The van der Waals surface area contributed by atoms with Gasteiger partial charge in [-0.3, -0.25) is 4.79 Å². The summed E-state index contributed by atoms with van der Waals surface area (Å²) in [7, 11) is 0. The highest BCUT2D eigenvalue weighted by atomic mass is 16.5. The number of hydrogen-bond donors (Lipinski definition) is 0. The van der Waals surface area contributed by atoms with Crippen LogP contribution in [0.5, 0.6) is 28.7 Å². The molecule has 1 unspecified atom stereocenters. The van der Waals surface area contributed by atoms with Gasteiger partial charge in [0.2, 0.25) is 11.5 Å². The van der Waals surface area contributed by atoms with Gasteiger partial charge in [-0.1, -0.05) is 69.4 Å². The summed E-state index contributed by atoms with van der Waals surface area (Å²) in [5, 5.41) is 0. The van der Waals surface area contributed by atoms with Crippen molar-refractivity contribution in [2.45, 2.75) is 6.10 Å². The first-order valence-electron chi connectivity index (χ1n) is 12.9. The molecule has 0 aliphatic carbocycles. The van der Waals surface area contributed by atoms with E-state index in [1.165, 1.54) is 0 Å². The van der Waals surface area contributed by atoms with E-state index in [4.69, 9.17) is 33.4 Å². The van der Waals surface area contributed by atoms with Crippen LogP contribution in [0.1, 0.15) is 15.9 Å². The molecule has 1 aliphatic rings. The Morgan fingerprint density at radius 2 is 1.15 bits per heavy atom. The molecule has 0 amide bonds. The van der Waals surface area contributed by atoms with Crippen LogP contribution in [-0.2, 0) is 4.74 Å². The number of carbonyl (C=O) groups is 1.